The van der Waals surface area contributed by atoms with E-state index in [1.54, 1.807) is 35.2 Å². The van der Waals surface area contributed by atoms with E-state index in [1.165, 1.54) is 32.4 Å². The summed E-state index contributed by atoms with van der Waals surface area (Å²) in [6.07, 6.45) is 5.07. The van der Waals surface area contributed by atoms with Crippen LogP contribution in [0.4, 0.5) is 5.69 Å². The Hall–Kier alpha value is -2.79. The molecule has 0 unspecified atom stereocenters. The summed E-state index contributed by atoms with van der Waals surface area (Å²) in [6.45, 7) is 6.98. The third-order valence-electron chi connectivity index (χ3n) is 7.46. The van der Waals surface area contributed by atoms with Crippen molar-refractivity contribution >= 4 is 52.3 Å². The van der Waals surface area contributed by atoms with Crippen LogP contribution in [-0.4, -0.2) is 102 Å². The summed E-state index contributed by atoms with van der Waals surface area (Å²) in [5.41, 5.74) is 0.534. The number of nitrogens with zero attached hydrogens (tertiary/aromatic N) is 4. The molecule has 0 bridgehead atoms. The number of fused-ring (bicyclic) bond motifs is 1. The molecule has 0 atom stereocenters. The minimum absolute atomic E-state index is 0.111. The monoisotopic (exact) mass is 557 g/mol. The lowest BCUT2D eigenvalue weighted by Crippen LogP contribution is -2.52. The molecule has 0 saturated carbocycles. The first-order valence-electron chi connectivity index (χ1n) is 13.2. The summed E-state index contributed by atoms with van der Waals surface area (Å²) in [5, 5.41) is 2.71. The molecule has 4 amide bonds. The van der Waals surface area contributed by atoms with Gasteiger partial charge in [0.25, 0.3) is 17.7 Å². The van der Waals surface area contributed by atoms with Crippen LogP contribution >= 0.6 is 22.9 Å². The second kappa shape index (κ2) is 11.9. The highest BCUT2D eigenvalue weighted by atomic mass is 35.5. The normalized spacial score (nSPS) is 18.7. The van der Waals surface area contributed by atoms with Crippen molar-refractivity contribution in [2.75, 3.05) is 64.2 Å². The first-order valence-corrected chi connectivity index (χ1v) is 14.4. The lowest BCUT2D eigenvalue weighted by molar-refractivity contribution is -0.133. The van der Waals surface area contributed by atoms with Gasteiger partial charge in [-0.25, -0.2) is 0 Å². The van der Waals surface area contributed by atoms with E-state index < -0.39 is 17.7 Å². The van der Waals surface area contributed by atoms with Crippen molar-refractivity contribution in [3.63, 3.8) is 0 Å². The number of hydrogen-bond donors (Lipinski definition) is 1. The summed E-state index contributed by atoms with van der Waals surface area (Å²) in [7, 11) is 0. The van der Waals surface area contributed by atoms with Gasteiger partial charge in [-0.1, -0.05) is 24.1 Å². The van der Waals surface area contributed by atoms with Crippen molar-refractivity contribution in [3.8, 4) is 0 Å². The lowest BCUT2D eigenvalue weighted by Gasteiger charge is -2.35. The third-order valence-corrected chi connectivity index (χ3v) is 8.69. The Morgan fingerprint density at radius 3 is 2.26 bits per heavy atom. The molecule has 0 spiro atoms. The molecule has 38 heavy (non-hydrogen) atoms. The van der Waals surface area contributed by atoms with Crippen molar-refractivity contribution in [1.29, 1.82) is 0 Å². The highest BCUT2D eigenvalue weighted by Crippen LogP contribution is 2.30. The molecule has 1 N–H and O–H groups in total. The van der Waals surface area contributed by atoms with Crippen LogP contribution in [0, 0.1) is 0 Å². The van der Waals surface area contributed by atoms with E-state index in [0.717, 1.165) is 48.8 Å². The maximum atomic E-state index is 13.2. The van der Waals surface area contributed by atoms with Crippen LogP contribution in [0.5, 0.6) is 0 Å². The molecule has 2 saturated heterocycles. The molecule has 9 nitrogen and oxygen atoms in total. The Morgan fingerprint density at radius 1 is 0.868 bits per heavy atom. The van der Waals surface area contributed by atoms with Crippen molar-refractivity contribution in [3.05, 3.63) is 50.7 Å². The highest BCUT2D eigenvalue weighted by molar-refractivity contribution is 7.18. The number of anilines is 1. The summed E-state index contributed by atoms with van der Waals surface area (Å²) < 4.78 is 0.475. The number of thiophene rings is 1. The van der Waals surface area contributed by atoms with Gasteiger partial charge in [-0.3, -0.25) is 29.0 Å². The highest BCUT2D eigenvalue weighted by Gasteiger charge is 2.39. The molecule has 0 aliphatic carbocycles. The number of piperazine rings is 1. The van der Waals surface area contributed by atoms with Crippen LogP contribution in [0.25, 0.3) is 0 Å². The van der Waals surface area contributed by atoms with Gasteiger partial charge in [0.05, 0.1) is 26.0 Å². The van der Waals surface area contributed by atoms with E-state index in [2.05, 4.69) is 15.1 Å². The standard InChI is InChI=1S/C27H32ClN5O4S/c28-22-9-8-21(38-22)25(35)29-20-7-4-6-19-24(20)27(37)33(26(19)36)18-23(34)32-16-14-31(15-17-32)13-5-12-30-10-2-1-3-11-30/h4,6-9H,1-3,5,10-18H2,(H,29,35). The second-order valence-electron chi connectivity index (χ2n) is 9.96. The molecular formula is C27H32ClN5O4S. The maximum Gasteiger partial charge on any atom is 0.265 e. The van der Waals surface area contributed by atoms with Crippen LogP contribution < -0.4 is 5.32 Å². The fourth-order valence-electron chi connectivity index (χ4n) is 5.36. The van der Waals surface area contributed by atoms with Crippen molar-refractivity contribution in [1.82, 2.24) is 19.6 Å². The molecule has 3 aliphatic heterocycles. The van der Waals surface area contributed by atoms with Crippen LogP contribution in [0.1, 0.15) is 56.1 Å². The molecule has 202 valence electrons. The number of likely N-dealkylation sites (tertiary alicyclic amines) is 1. The third kappa shape index (κ3) is 5.93. The lowest BCUT2D eigenvalue weighted by atomic mass is 10.1. The molecule has 11 heteroatoms. The number of rotatable bonds is 8. The number of benzene rings is 1. The number of imide groups is 1. The Balaban J connectivity index is 1.14. The van der Waals surface area contributed by atoms with Gasteiger partial charge in [-0.05, 0) is 69.7 Å². The van der Waals surface area contributed by atoms with E-state index in [9.17, 15) is 19.2 Å². The van der Waals surface area contributed by atoms with E-state index in [4.69, 9.17) is 11.6 Å². The van der Waals surface area contributed by atoms with Crippen LogP contribution in [0.2, 0.25) is 4.34 Å². The largest absolute Gasteiger partial charge is 0.339 e. The molecule has 1 aromatic carbocycles. The molecule has 2 aromatic rings. The van der Waals surface area contributed by atoms with Crippen molar-refractivity contribution in [2.45, 2.75) is 25.7 Å². The van der Waals surface area contributed by atoms with E-state index in [0.29, 0.717) is 22.3 Å². The van der Waals surface area contributed by atoms with Crippen LogP contribution in [0.15, 0.2) is 30.3 Å². The zero-order valence-corrected chi connectivity index (χ0v) is 22.9. The minimum atomic E-state index is -0.574. The SMILES string of the molecule is O=C(Nc1cccc2c1C(=O)N(CC(=O)N1CCN(CCCN3CCCCC3)CC1)C2=O)c1ccc(Cl)s1. The Labute approximate surface area is 231 Å². The first kappa shape index (κ1) is 26.8. The predicted octanol–water partition coefficient (Wildman–Crippen LogP) is 3.27. The van der Waals surface area contributed by atoms with Gasteiger partial charge in [0.15, 0.2) is 0 Å². The number of nitrogens with one attached hydrogen (secondary N) is 1. The average molecular weight is 558 g/mol. The van der Waals surface area contributed by atoms with Crippen LogP contribution in [-0.2, 0) is 4.79 Å². The molecule has 4 heterocycles. The quantitative estimate of drug-likeness (QED) is 0.501. The zero-order chi connectivity index (χ0) is 26.6. The topological polar surface area (TPSA) is 93.3 Å². The number of piperidine rings is 1. The van der Waals surface area contributed by atoms with Gasteiger partial charge in [-0.15, -0.1) is 11.3 Å². The Kier molecular flexibility index (Phi) is 8.42. The van der Waals surface area contributed by atoms with Crippen molar-refractivity contribution in [2.24, 2.45) is 0 Å². The van der Waals surface area contributed by atoms with Gasteiger partial charge in [-0.2, -0.15) is 0 Å². The number of amides is 4. The molecule has 1 aromatic heterocycles. The molecule has 2 fully saturated rings. The van der Waals surface area contributed by atoms with Gasteiger partial charge in [0, 0.05) is 26.2 Å². The van der Waals surface area contributed by atoms with E-state index >= 15 is 0 Å². The molecule has 0 radical (unpaired) electrons. The fourth-order valence-corrected chi connectivity index (χ4v) is 6.30. The first-order chi connectivity index (χ1) is 18.4. The summed E-state index contributed by atoms with van der Waals surface area (Å²) in [6, 6.07) is 7.94. The van der Waals surface area contributed by atoms with E-state index in [1.807, 2.05) is 0 Å². The minimum Gasteiger partial charge on any atom is -0.339 e. The number of carbonyl (C=O) groups excluding carboxylic acids is 4. The predicted molar refractivity (Wildman–Crippen MR) is 147 cm³/mol. The summed E-state index contributed by atoms with van der Waals surface area (Å²) >= 11 is 7.05. The molecule has 3 aliphatic rings. The van der Waals surface area contributed by atoms with Gasteiger partial charge in [0.1, 0.15) is 6.54 Å². The Bertz CT molecular complexity index is 1220. The van der Waals surface area contributed by atoms with Gasteiger partial charge >= 0.3 is 0 Å². The summed E-state index contributed by atoms with van der Waals surface area (Å²) in [5.74, 6) is -1.76. The smallest absolute Gasteiger partial charge is 0.265 e. The average Bonchev–Trinajstić information content (AvgIpc) is 3.47. The molecular weight excluding hydrogens is 526 g/mol. The van der Waals surface area contributed by atoms with Gasteiger partial charge in [0.2, 0.25) is 5.91 Å². The van der Waals surface area contributed by atoms with Gasteiger partial charge < -0.3 is 15.1 Å². The molecule has 5 rings (SSSR count). The number of hydrogen-bond acceptors (Lipinski definition) is 7. The summed E-state index contributed by atoms with van der Waals surface area (Å²) in [4.78, 5) is 59.9. The van der Waals surface area contributed by atoms with E-state index in [-0.39, 0.29) is 29.3 Å². The maximum absolute atomic E-state index is 13.2. The number of halogens is 1. The fraction of sp³-hybridized carbons (Fsp3) is 0.481. The number of carbonyl (C=O) groups is 4. The second-order valence-corrected chi connectivity index (χ2v) is 11.7. The van der Waals surface area contributed by atoms with Crippen molar-refractivity contribution < 1.29 is 19.2 Å². The van der Waals surface area contributed by atoms with Crippen LogP contribution in [0.3, 0.4) is 0 Å². The Morgan fingerprint density at radius 2 is 1.58 bits per heavy atom. The zero-order valence-electron chi connectivity index (χ0n) is 21.3.